The molecule has 4 N–H and O–H groups in total. The standard InChI is InChI=1S/C28H31N7OS/c29-24-9-12-35(17-23(24)27(30)19-7-8-26-31-10-13-34(26)15-19)28(36)32-21-4-3-11-33(16-21)14-20-18-37-25-6-2-1-5-22(20)25/h1-2,5-8,10,13,15,18,27H,3-4,9,11-12,14,16-17,29-30H2. The van der Waals surface area contributed by atoms with Crippen LogP contribution in [-0.4, -0.2) is 57.1 Å². The molecule has 0 radical (unpaired) electrons. The molecule has 4 aromatic rings. The lowest BCUT2D eigenvalue weighted by Gasteiger charge is -2.32. The van der Waals surface area contributed by atoms with Crippen molar-refractivity contribution < 1.29 is 4.79 Å². The van der Waals surface area contributed by atoms with Gasteiger partial charge in [-0.25, -0.2) is 14.8 Å². The summed E-state index contributed by atoms with van der Waals surface area (Å²) in [4.78, 5) is 26.3. The molecule has 6 rings (SSSR count). The third-order valence-corrected chi connectivity index (χ3v) is 8.41. The van der Waals surface area contributed by atoms with Gasteiger partial charge in [0.25, 0.3) is 0 Å². The third-order valence-electron chi connectivity index (χ3n) is 7.40. The van der Waals surface area contributed by atoms with Gasteiger partial charge in [0, 0.05) is 67.3 Å². The molecule has 1 unspecified atom stereocenters. The molecule has 1 saturated heterocycles. The quantitative estimate of drug-likeness (QED) is 0.423. The summed E-state index contributed by atoms with van der Waals surface area (Å²) in [5.74, 6) is 0. The number of amides is 2. The number of hydrogen-bond acceptors (Lipinski definition) is 6. The number of likely N-dealkylation sites (tertiary alicyclic amines) is 1. The topological polar surface area (TPSA) is 105 Å². The van der Waals surface area contributed by atoms with E-state index in [1.54, 1.807) is 22.4 Å². The lowest BCUT2D eigenvalue weighted by molar-refractivity contribution is 0.208. The van der Waals surface area contributed by atoms with Crippen molar-refractivity contribution in [3.8, 4) is 0 Å². The zero-order valence-corrected chi connectivity index (χ0v) is 21.5. The molecule has 0 spiro atoms. The first-order valence-corrected chi connectivity index (χ1v) is 13.6. The van der Waals surface area contributed by atoms with E-state index in [1.807, 2.05) is 28.9 Å². The highest BCUT2D eigenvalue weighted by Gasteiger charge is 2.27. The number of aromatic nitrogens is 2. The minimum absolute atomic E-state index is 0.194. The molecule has 8 nitrogen and oxygen atoms in total. The number of carbonyl (C=O) groups is 1. The maximum atomic E-state index is 13.2. The summed E-state index contributed by atoms with van der Waals surface area (Å²) >= 11 is 1.79. The molecule has 2 amide bonds. The van der Waals surface area contributed by atoms with Gasteiger partial charge in [0.1, 0.15) is 5.65 Å². The van der Waals surface area contributed by atoms with Crippen LogP contribution < -0.4 is 11.5 Å². The van der Waals surface area contributed by atoms with E-state index < -0.39 is 0 Å². The Morgan fingerprint density at radius 3 is 2.95 bits per heavy atom. The Labute approximate surface area is 219 Å². The van der Waals surface area contributed by atoms with Gasteiger partial charge < -0.3 is 20.8 Å². The van der Waals surface area contributed by atoms with E-state index in [0.717, 1.165) is 60.7 Å². The summed E-state index contributed by atoms with van der Waals surface area (Å²) in [6.07, 6.45) is 8.09. The second-order valence-corrected chi connectivity index (χ2v) is 10.8. The number of hydrogen-bond donors (Lipinski definition) is 2. The number of aliphatic imine (C=N–C) groups is 1. The lowest BCUT2D eigenvalue weighted by atomic mass is 9.95. The molecule has 2 aliphatic heterocycles. The van der Waals surface area contributed by atoms with Crippen LogP contribution in [0.15, 0.2) is 76.6 Å². The first-order valence-electron chi connectivity index (χ1n) is 12.7. The van der Waals surface area contributed by atoms with Crippen LogP contribution in [0.5, 0.6) is 0 Å². The van der Waals surface area contributed by atoms with Crippen LogP contribution in [0.2, 0.25) is 0 Å². The van der Waals surface area contributed by atoms with E-state index in [9.17, 15) is 4.79 Å². The largest absolute Gasteiger partial charge is 0.402 e. The number of nitrogens with two attached hydrogens (primary N) is 2. The minimum Gasteiger partial charge on any atom is -0.402 e. The van der Waals surface area contributed by atoms with Crippen molar-refractivity contribution in [2.75, 3.05) is 26.2 Å². The molecule has 3 aromatic heterocycles. The zero-order chi connectivity index (χ0) is 25.4. The SMILES string of the molecule is NC1=C(C(N)c2ccc3nccn3c2)CN(C(=O)N=C2CCCN(Cc3csc4ccccc34)C2)CC1. The molecule has 2 aliphatic rings. The fraction of sp³-hybridized carbons (Fsp3) is 0.321. The van der Waals surface area contributed by atoms with Crippen LogP contribution in [-0.2, 0) is 6.54 Å². The molecule has 9 heteroatoms. The predicted molar refractivity (Wildman–Crippen MR) is 149 cm³/mol. The van der Waals surface area contributed by atoms with Crippen molar-refractivity contribution >= 4 is 38.8 Å². The highest BCUT2D eigenvalue weighted by molar-refractivity contribution is 7.17. The minimum atomic E-state index is -0.388. The van der Waals surface area contributed by atoms with Crippen molar-refractivity contribution in [2.45, 2.75) is 31.8 Å². The van der Waals surface area contributed by atoms with E-state index in [-0.39, 0.29) is 12.1 Å². The number of carbonyl (C=O) groups excluding carboxylic acids is 1. The number of rotatable bonds is 4. The van der Waals surface area contributed by atoms with Crippen LogP contribution in [0.25, 0.3) is 15.7 Å². The van der Waals surface area contributed by atoms with Gasteiger partial charge in [0.2, 0.25) is 0 Å². The Kier molecular flexibility index (Phi) is 6.50. The molecule has 5 heterocycles. The van der Waals surface area contributed by atoms with E-state index >= 15 is 0 Å². The Balaban J connectivity index is 1.13. The van der Waals surface area contributed by atoms with Gasteiger partial charge in [-0.3, -0.25) is 4.90 Å². The van der Waals surface area contributed by atoms with Crippen molar-refractivity contribution in [3.05, 3.63) is 82.8 Å². The van der Waals surface area contributed by atoms with Gasteiger partial charge in [-0.1, -0.05) is 24.3 Å². The number of fused-ring (bicyclic) bond motifs is 2. The molecular weight excluding hydrogens is 482 g/mol. The number of urea groups is 1. The molecule has 37 heavy (non-hydrogen) atoms. The summed E-state index contributed by atoms with van der Waals surface area (Å²) in [6.45, 7) is 3.57. The summed E-state index contributed by atoms with van der Waals surface area (Å²) in [6, 6.07) is 11.9. The monoisotopic (exact) mass is 513 g/mol. The maximum Gasteiger partial charge on any atom is 0.343 e. The Morgan fingerprint density at radius 2 is 2.03 bits per heavy atom. The smallest absolute Gasteiger partial charge is 0.343 e. The lowest BCUT2D eigenvalue weighted by Crippen LogP contribution is -2.41. The van der Waals surface area contributed by atoms with E-state index in [0.29, 0.717) is 19.5 Å². The van der Waals surface area contributed by atoms with Crippen molar-refractivity contribution in [1.29, 1.82) is 0 Å². The number of pyridine rings is 1. The fourth-order valence-electron chi connectivity index (χ4n) is 5.34. The fourth-order valence-corrected chi connectivity index (χ4v) is 6.29. The van der Waals surface area contributed by atoms with Gasteiger partial charge in [-0.15, -0.1) is 11.3 Å². The normalized spacial score (nSPS) is 19.3. The molecule has 0 aliphatic carbocycles. The highest BCUT2D eigenvalue weighted by Crippen LogP contribution is 2.28. The molecule has 0 bridgehead atoms. The zero-order valence-electron chi connectivity index (χ0n) is 20.7. The number of imidazole rings is 1. The van der Waals surface area contributed by atoms with Gasteiger partial charge in [-0.05, 0) is 59.0 Å². The van der Waals surface area contributed by atoms with Crippen molar-refractivity contribution in [2.24, 2.45) is 16.5 Å². The van der Waals surface area contributed by atoms with Gasteiger partial charge >= 0.3 is 6.03 Å². The maximum absolute atomic E-state index is 13.2. The number of benzene rings is 1. The van der Waals surface area contributed by atoms with E-state index in [1.165, 1.54) is 15.6 Å². The first kappa shape index (κ1) is 23.8. The summed E-state index contributed by atoms with van der Waals surface area (Å²) in [5, 5.41) is 3.57. The summed E-state index contributed by atoms with van der Waals surface area (Å²) < 4.78 is 3.26. The molecular formula is C28H31N7OS. The Morgan fingerprint density at radius 1 is 1.14 bits per heavy atom. The molecule has 1 fully saturated rings. The number of piperidine rings is 1. The van der Waals surface area contributed by atoms with Gasteiger partial charge in [0.05, 0.1) is 6.04 Å². The average Bonchev–Trinajstić information content (AvgIpc) is 3.55. The van der Waals surface area contributed by atoms with Crippen LogP contribution in [0, 0.1) is 0 Å². The van der Waals surface area contributed by atoms with E-state index in [4.69, 9.17) is 11.5 Å². The van der Waals surface area contributed by atoms with Crippen LogP contribution >= 0.6 is 11.3 Å². The highest BCUT2D eigenvalue weighted by atomic mass is 32.1. The van der Waals surface area contributed by atoms with Crippen molar-refractivity contribution in [3.63, 3.8) is 0 Å². The van der Waals surface area contributed by atoms with Gasteiger partial charge in [0.15, 0.2) is 0 Å². The second kappa shape index (κ2) is 10.1. The summed E-state index contributed by atoms with van der Waals surface area (Å²) in [7, 11) is 0. The first-order chi connectivity index (χ1) is 18.0. The average molecular weight is 514 g/mol. The molecule has 1 atom stereocenters. The molecule has 1 aromatic carbocycles. The van der Waals surface area contributed by atoms with Crippen LogP contribution in [0.1, 0.15) is 36.4 Å². The Bertz CT molecular complexity index is 1520. The Hall–Kier alpha value is -3.53. The second-order valence-electron chi connectivity index (χ2n) is 9.89. The number of thiophene rings is 1. The number of nitrogens with zero attached hydrogens (tertiary/aromatic N) is 5. The van der Waals surface area contributed by atoms with Crippen LogP contribution in [0.4, 0.5) is 4.79 Å². The molecule has 190 valence electrons. The predicted octanol–water partition coefficient (Wildman–Crippen LogP) is 4.32. The summed E-state index contributed by atoms with van der Waals surface area (Å²) in [5.41, 5.74) is 18.8. The third kappa shape index (κ3) is 4.90. The molecule has 0 saturated carbocycles. The van der Waals surface area contributed by atoms with Gasteiger partial charge in [-0.2, -0.15) is 0 Å². The van der Waals surface area contributed by atoms with Crippen LogP contribution in [0.3, 0.4) is 0 Å². The van der Waals surface area contributed by atoms with E-state index in [2.05, 4.69) is 44.5 Å². The van der Waals surface area contributed by atoms with Crippen molar-refractivity contribution in [1.82, 2.24) is 19.2 Å².